The third-order valence-electron chi connectivity index (χ3n) is 4.92. The Balaban J connectivity index is 1.70. The fourth-order valence-electron chi connectivity index (χ4n) is 3.95. The monoisotopic (exact) mass is 352 g/mol. The number of hydrogen-bond acceptors (Lipinski definition) is 4. The summed E-state index contributed by atoms with van der Waals surface area (Å²) in [6, 6.07) is -0.319. The molecule has 2 saturated carbocycles. The van der Waals surface area contributed by atoms with E-state index in [1.165, 1.54) is 0 Å². The molecule has 10 heteroatoms. The predicted octanol–water partition coefficient (Wildman–Crippen LogP) is 1.23. The average molecular weight is 352 g/mol. The van der Waals surface area contributed by atoms with Gasteiger partial charge in [-0.15, -0.1) is 0 Å². The average Bonchev–Trinajstić information content (AvgIpc) is 2.73. The highest BCUT2D eigenvalue weighted by atomic mass is 32.2. The van der Waals surface area contributed by atoms with E-state index in [-0.39, 0.29) is 11.5 Å². The molecule has 0 bridgehead atoms. The summed E-state index contributed by atoms with van der Waals surface area (Å²) in [4.78, 5) is -0.818. The smallest absolute Gasteiger partial charge is 0.330 e. The summed E-state index contributed by atoms with van der Waals surface area (Å²) in [5.41, 5.74) is 4.46. The van der Waals surface area contributed by atoms with E-state index in [1.807, 2.05) is 0 Å². The molecule has 0 amide bonds. The summed E-state index contributed by atoms with van der Waals surface area (Å²) in [5, 5.41) is 3.44. The lowest BCUT2D eigenvalue weighted by atomic mass is 9.50. The number of nitrogens with two attached hydrogens (primary N) is 1. The summed E-state index contributed by atoms with van der Waals surface area (Å²) in [7, 11) is -3.17. The molecule has 23 heavy (non-hydrogen) atoms. The molecule has 6 nitrogen and oxygen atoms in total. The molecule has 0 aliphatic heterocycles. The second kappa shape index (κ2) is 5.18. The van der Waals surface area contributed by atoms with Crippen molar-refractivity contribution in [1.29, 1.82) is 0 Å². The number of hydrogen-bond donors (Lipinski definition) is 2. The van der Waals surface area contributed by atoms with E-state index in [2.05, 4.69) is 9.82 Å². The van der Waals surface area contributed by atoms with Gasteiger partial charge in [-0.2, -0.15) is 18.3 Å². The minimum absolute atomic E-state index is 0.138. The number of rotatable bonds is 4. The Labute approximate surface area is 132 Å². The molecule has 1 aromatic rings. The van der Waals surface area contributed by atoms with Crippen LogP contribution in [0.2, 0.25) is 0 Å². The lowest BCUT2D eigenvalue weighted by Crippen LogP contribution is -2.57. The van der Waals surface area contributed by atoms with Crippen molar-refractivity contribution >= 4 is 10.0 Å². The van der Waals surface area contributed by atoms with Crippen molar-refractivity contribution in [1.82, 2.24) is 14.5 Å². The maximum Gasteiger partial charge on any atom is 0.434 e. The van der Waals surface area contributed by atoms with Crippen molar-refractivity contribution in [2.24, 2.45) is 24.1 Å². The highest BCUT2D eigenvalue weighted by Crippen LogP contribution is 2.58. The maximum atomic E-state index is 13.0. The van der Waals surface area contributed by atoms with Crippen molar-refractivity contribution in [2.45, 2.75) is 42.8 Å². The molecule has 3 N–H and O–H groups in total. The molecule has 1 heterocycles. The third-order valence-corrected chi connectivity index (χ3v) is 6.44. The van der Waals surface area contributed by atoms with Crippen LogP contribution in [0, 0.1) is 11.3 Å². The molecule has 2 aliphatic rings. The second-order valence-corrected chi connectivity index (χ2v) is 8.40. The van der Waals surface area contributed by atoms with Gasteiger partial charge in [0.25, 0.3) is 0 Å². The first kappa shape index (κ1) is 16.7. The largest absolute Gasteiger partial charge is 0.434 e. The van der Waals surface area contributed by atoms with Gasteiger partial charge in [0.1, 0.15) is 4.90 Å². The standard InChI is InChI=1S/C13H19F3N4O2S/c1-20-11(13(14,15)16)10(7-18-20)23(21,22)19-9-4-12(5-9)2-8(3-12)6-17/h7-9,19H,2-6,17H2,1H3. The van der Waals surface area contributed by atoms with Crippen LogP contribution >= 0.6 is 0 Å². The van der Waals surface area contributed by atoms with Crippen LogP contribution in [-0.4, -0.2) is 30.8 Å². The quantitative estimate of drug-likeness (QED) is 0.853. The summed E-state index contributed by atoms with van der Waals surface area (Å²) in [5.74, 6) is 0.489. The molecule has 2 aliphatic carbocycles. The van der Waals surface area contributed by atoms with Crippen molar-refractivity contribution in [2.75, 3.05) is 6.54 Å². The van der Waals surface area contributed by atoms with E-state index < -0.39 is 26.8 Å². The van der Waals surface area contributed by atoms with Crippen LogP contribution in [0.3, 0.4) is 0 Å². The first-order valence-electron chi connectivity index (χ1n) is 7.38. The Morgan fingerprint density at radius 1 is 1.39 bits per heavy atom. The van der Waals surface area contributed by atoms with E-state index in [4.69, 9.17) is 5.73 Å². The molecule has 0 saturated heterocycles. The number of alkyl halides is 3. The van der Waals surface area contributed by atoms with Gasteiger partial charge < -0.3 is 5.73 Å². The number of nitrogens with one attached hydrogen (secondary N) is 1. The zero-order valence-electron chi connectivity index (χ0n) is 12.6. The fraction of sp³-hybridized carbons (Fsp3) is 0.769. The zero-order valence-corrected chi connectivity index (χ0v) is 13.4. The van der Waals surface area contributed by atoms with Crippen molar-refractivity contribution in [3.05, 3.63) is 11.9 Å². The summed E-state index contributed by atoms with van der Waals surface area (Å²) in [6.07, 6.45) is -0.772. The molecule has 1 spiro atoms. The van der Waals surface area contributed by atoms with E-state index in [0.717, 1.165) is 26.1 Å². The topological polar surface area (TPSA) is 90.0 Å². The highest BCUT2D eigenvalue weighted by molar-refractivity contribution is 7.89. The molecule has 130 valence electrons. The summed E-state index contributed by atoms with van der Waals surface area (Å²) in [6.45, 7) is 0.628. The molecular formula is C13H19F3N4O2S. The van der Waals surface area contributed by atoms with Gasteiger partial charge in [-0.3, -0.25) is 4.68 Å². The fourth-order valence-corrected chi connectivity index (χ4v) is 5.37. The number of halogens is 3. The van der Waals surface area contributed by atoms with Crippen LogP contribution in [0.5, 0.6) is 0 Å². The van der Waals surface area contributed by atoms with Gasteiger partial charge in [-0.05, 0) is 43.6 Å². The van der Waals surface area contributed by atoms with Crippen LogP contribution < -0.4 is 10.5 Å². The molecule has 3 rings (SSSR count). The molecule has 2 fully saturated rings. The number of sulfonamides is 1. The van der Waals surface area contributed by atoms with Crippen LogP contribution in [0.4, 0.5) is 13.2 Å². The predicted molar refractivity (Wildman–Crippen MR) is 75.8 cm³/mol. The summed E-state index contributed by atoms with van der Waals surface area (Å²) >= 11 is 0. The van der Waals surface area contributed by atoms with Gasteiger partial charge in [0.05, 0.1) is 6.20 Å². The molecule has 0 aromatic carbocycles. The first-order chi connectivity index (χ1) is 10.6. The molecule has 0 unspecified atom stereocenters. The SMILES string of the molecule is Cn1ncc(S(=O)(=O)NC2CC3(CC(CN)C3)C2)c1C(F)(F)F. The van der Waals surface area contributed by atoms with Gasteiger partial charge in [0.15, 0.2) is 5.69 Å². The molecule has 0 atom stereocenters. The highest BCUT2D eigenvalue weighted by Gasteiger charge is 2.53. The Morgan fingerprint density at radius 2 is 2.00 bits per heavy atom. The van der Waals surface area contributed by atoms with Crippen LogP contribution in [-0.2, 0) is 23.2 Å². The molecule has 1 aromatic heterocycles. The van der Waals surface area contributed by atoms with Crippen molar-refractivity contribution in [3.8, 4) is 0 Å². The van der Waals surface area contributed by atoms with E-state index in [9.17, 15) is 21.6 Å². The Morgan fingerprint density at radius 3 is 2.52 bits per heavy atom. The molecular weight excluding hydrogens is 333 g/mol. The number of aromatic nitrogens is 2. The van der Waals surface area contributed by atoms with Crippen LogP contribution in [0.1, 0.15) is 31.4 Å². The third kappa shape index (κ3) is 2.87. The van der Waals surface area contributed by atoms with Crippen LogP contribution in [0.15, 0.2) is 11.1 Å². The lowest BCUT2D eigenvalue weighted by molar-refractivity contribution is -0.146. The zero-order chi connectivity index (χ0) is 17.0. The Kier molecular flexibility index (Phi) is 3.77. The minimum Gasteiger partial charge on any atom is -0.330 e. The van der Waals surface area contributed by atoms with Crippen molar-refractivity contribution < 1.29 is 21.6 Å². The number of aryl methyl sites for hydroxylation is 1. The number of nitrogens with zero attached hydrogens (tertiary/aromatic N) is 2. The van der Waals surface area contributed by atoms with Gasteiger partial charge >= 0.3 is 6.18 Å². The lowest BCUT2D eigenvalue weighted by Gasteiger charge is -2.57. The normalized spacial score (nSPS) is 31.0. The van der Waals surface area contributed by atoms with Gasteiger partial charge in [0, 0.05) is 13.1 Å². The van der Waals surface area contributed by atoms with Gasteiger partial charge in [-0.1, -0.05) is 0 Å². The first-order valence-corrected chi connectivity index (χ1v) is 8.86. The Bertz CT molecular complexity index is 699. The summed E-state index contributed by atoms with van der Waals surface area (Å²) < 4.78 is 66.5. The van der Waals surface area contributed by atoms with Gasteiger partial charge in [0.2, 0.25) is 10.0 Å². The van der Waals surface area contributed by atoms with Crippen LogP contribution in [0.25, 0.3) is 0 Å². The maximum absolute atomic E-state index is 13.0. The Hall–Kier alpha value is -1.13. The van der Waals surface area contributed by atoms with E-state index >= 15 is 0 Å². The van der Waals surface area contributed by atoms with E-state index in [0.29, 0.717) is 30.0 Å². The minimum atomic E-state index is -4.78. The molecule has 0 radical (unpaired) electrons. The second-order valence-electron chi connectivity index (χ2n) is 6.72. The van der Waals surface area contributed by atoms with E-state index in [1.54, 1.807) is 0 Å². The van der Waals surface area contributed by atoms with Crippen molar-refractivity contribution in [3.63, 3.8) is 0 Å². The van der Waals surface area contributed by atoms with Gasteiger partial charge in [-0.25, -0.2) is 13.1 Å².